The predicted octanol–water partition coefficient (Wildman–Crippen LogP) is 4.70. The molecule has 0 unspecified atom stereocenters. The normalized spacial score (nSPS) is 15.3. The summed E-state index contributed by atoms with van der Waals surface area (Å²) >= 11 is 0. The summed E-state index contributed by atoms with van der Waals surface area (Å²) in [6, 6.07) is 27.2. The summed E-state index contributed by atoms with van der Waals surface area (Å²) in [6.45, 7) is 1.43. The fourth-order valence-electron chi connectivity index (χ4n) is 4.61. The Balaban J connectivity index is 1.38. The molecule has 1 aliphatic rings. The van der Waals surface area contributed by atoms with Crippen LogP contribution >= 0.6 is 0 Å². The van der Waals surface area contributed by atoms with Gasteiger partial charge in [0, 0.05) is 30.9 Å². The molecule has 166 valence electrons. The molecule has 1 aliphatic heterocycles. The molecule has 4 aromatic carbocycles. The van der Waals surface area contributed by atoms with E-state index in [2.05, 4.69) is 10.6 Å². The van der Waals surface area contributed by atoms with Crippen molar-refractivity contribution in [1.82, 2.24) is 10.6 Å². The maximum absolute atomic E-state index is 13.4. The zero-order chi connectivity index (χ0) is 22.7. The molecule has 0 saturated carbocycles. The molecule has 33 heavy (non-hydrogen) atoms. The summed E-state index contributed by atoms with van der Waals surface area (Å²) in [7, 11) is 0. The molecule has 0 spiro atoms. The van der Waals surface area contributed by atoms with Crippen LogP contribution in [0, 0.1) is 0 Å². The number of fused-ring (bicyclic) bond motifs is 2. The summed E-state index contributed by atoms with van der Waals surface area (Å²) in [4.78, 5) is 26.5. The molecule has 4 aromatic rings. The molecule has 0 aliphatic carbocycles. The average Bonchev–Trinajstić information content (AvgIpc) is 2.87. The van der Waals surface area contributed by atoms with E-state index in [1.54, 1.807) is 0 Å². The highest BCUT2D eigenvalue weighted by molar-refractivity contribution is 6.08. The summed E-state index contributed by atoms with van der Waals surface area (Å²) in [5.41, 5.74) is 0.710. The zero-order valence-corrected chi connectivity index (χ0v) is 18.3. The molecule has 5 rings (SSSR count). The first-order valence-corrected chi connectivity index (χ1v) is 11.3. The topological polar surface area (TPSA) is 67.4 Å². The summed E-state index contributed by atoms with van der Waals surface area (Å²) in [5, 5.41) is 10.2. The van der Waals surface area contributed by atoms with Crippen molar-refractivity contribution in [2.75, 3.05) is 19.8 Å². The first-order valence-electron chi connectivity index (χ1n) is 11.3. The Morgan fingerprint density at radius 2 is 1.21 bits per heavy atom. The van der Waals surface area contributed by atoms with Crippen molar-refractivity contribution in [3.63, 3.8) is 0 Å². The predicted molar refractivity (Wildman–Crippen MR) is 130 cm³/mol. The lowest BCUT2D eigenvalue weighted by molar-refractivity contribution is 0.0353. The number of ether oxygens (including phenoxy) is 1. The fourth-order valence-corrected chi connectivity index (χ4v) is 4.61. The molecule has 5 heteroatoms. The second kappa shape index (κ2) is 9.04. The molecule has 0 atom stereocenters. The highest BCUT2D eigenvalue weighted by atomic mass is 16.5. The van der Waals surface area contributed by atoms with Gasteiger partial charge in [-0.2, -0.15) is 0 Å². The van der Waals surface area contributed by atoms with E-state index in [0.717, 1.165) is 21.5 Å². The second-order valence-electron chi connectivity index (χ2n) is 8.58. The van der Waals surface area contributed by atoms with Crippen molar-refractivity contribution < 1.29 is 14.3 Å². The Hall–Kier alpha value is -3.70. The van der Waals surface area contributed by atoms with Gasteiger partial charge in [-0.3, -0.25) is 9.59 Å². The van der Waals surface area contributed by atoms with E-state index in [1.165, 1.54) is 0 Å². The van der Waals surface area contributed by atoms with Crippen molar-refractivity contribution in [3.05, 3.63) is 96.1 Å². The van der Waals surface area contributed by atoms with Crippen LogP contribution in [0.25, 0.3) is 21.5 Å². The van der Waals surface area contributed by atoms with Crippen molar-refractivity contribution in [2.45, 2.75) is 18.4 Å². The number of rotatable bonds is 5. The zero-order valence-electron chi connectivity index (χ0n) is 18.3. The second-order valence-corrected chi connectivity index (χ2v) is 8.58. The average molecular weight is 439 g/mol. The van der Waals surface area contributed by atoms with Crippen LogP contribution in [0.4, 0.5) is 0 Å². The van der Waals surface area contributed by atoms with Gasteiger partial charge in [0.05, 0.1) is 5.54 Å². The third-order valence-electron chi connectivity index (χ3n) is 6.48. The molecule has 1 fully saturated rings. The number of amides is 2. The Morgan fingerprint density at radius 3 is 1.82 bits per heavy atom. The lowest BCUT2D eigenvalue weighted by Crippen LogP contribution is -2.58. The summed E-state index contributed by atoms with van der Waals surface area (Å²) in [6.07, 6.45) is 1.28. The molecule has 1 heterocycles. The van der Waals surface area contributed by atoms with Crippen LogP contribution in [-0.2, 0) is 4.74 Å². The first kappa shape index (κ1) is 21.2. The van der Waals surface area contributed by atoms with Gasteiger partial charge in [-0.1, -0.05) is 72.8 Å². The minimum Gasteiger partial charge on any atom is -0.381 e. The van der Waals surface area contributed by atoms with Crippen molar-refractivity contribution >= 4 is 33.4 Å². The van der Waals surface area contributed by atoms with Crippen LogP contribution in [0.1, 0.15) is 33.6 Å². The van der Waals surface area contributed by atoms with E-state index in [4.69, 9.17) is 4.74 Å². The standard InChI is InChI=1S/C28H26N2O3/c31-26(24-13-5-9-20-7-1-3-11-22(20)24)29-19-28(15-17-33-18-16-28)30-27(32)25-14-6-10-21-8-2-4-12-23(21)25/h1-14H,15-19H2,(H,29,31)(H,30,32). The number of benzene rings is 4. The van der Waals surface area contributed by atoms with Gasteiger partial charge in [-0.15, -0.1) is 0 Å². The van der Waals surface area contributed by atoms with Crippen LogP contribution in [0.3, 0.4) is 0 Å². The number of hydrogen-bond donors (Lipinski definition) is 2. The third kappa shape index (κ3) is 4.32. The summed E-state index contributed by atoms with van der Waals surface area (Å²) in [5.74, 6) is -0.273. The van der Waals surface area contributed by atoms with Crippen LogP contribution in [0.15, 0.2) is 84.9 Å². The van der Waals surface area contributed by atoms with Gasteiger partial charge in [0.25, 0.3) is 11.8 Å². The van der Waals surface area contributed by atoms with Crippen LogP contribution in [-0.4, -0.2) is 37.1 Å². The molecular formula is C28H26N2O3. The quantitative estimate of drug-likeness (QED) is 0.475. The van der Waals surface area contributed by atoms with E-state index in [9.17, 15) is 9.59 Å². The monoisotopic (exact) mass is 438 g/mol. The van der Waals surface area contributed by atoms with E-state index in [0.29, 0.717) is 43.7 Å². The van der Waals surface area contributed by atoms with Crippen LogP contribution in [0.5, 0.6) is 0 Å². The number of carbonyl (C=O) groups excluding carboxylic acids is 2. The Bertz CT molecular complexity index is 1310. The smallest absolute Gasteiger partial charge is 0.252 e. The van der Waals surface area contributed by atoms with E-state index >= 15 is 0 Å². The molecule has 0 radical (unpaired) electrons. The van der Waals surface area contributed by atoms with E-state index in [1.807, 2.05) is 84.9 Å². The molecule has 5 nitrogen and oxygen atoms in total. The molecule has 2 amide bonds. The highest BCUT2D eigenvalue weighted by Gasteiger charge is 2.35. The maximum Gasteiger partial charge on any atom is 0.252 e. The van der Waals surface area contributed by atoms with Crippen molar-refractivity contribution in [1.29, 1.82) is 0 Å². The highest BCUT2D eigenvalue weighted by Crippen LogP contribution is 2.24. The van der Waals surface area contributed by atoms with Crippen LogP contribution < -0.4 is 10.6 Å². The van der Waals surface area contributed by atoms with Gasteiger partial charge in [0.1, 0.15) is 0 Å². The fraction of sp³-hybridized carbons (Fsp3) is 0.214. The van der Waals surface area contributed by atoms with Crippen molar-refractivity contribution in [2.24, 2.45) is 0 Å². The lowest BCUT2D eigenvalue weighted by atomic mass is 9.89. The molecule has 2 N–H and O–H groups in total. The van der Waals surface area contributed by atoms with Gasteiger partial charge < -0.3 is 15.4 Å². The third-order valence-corrected chi connectivity index (χ3v) is 6.48. The minimum absolute atomic E-state index is 0.131. The van der Waals surface area contributed by atoms with Crippen molar-refractivity contribution in [3.8, 4) is 0 Å². The Kier molecular flexibility index (Phi) is 5.80. The van der Waals surface area contributed by atoms with Crippen LogP contribution in [0.2, 0.25) is 0 Å². The SMILES string of the molecule is O=C(NCC1(NC(=O)c2cccc3ccccc23)CCOCC1)c1cccc2ccccc12. The molecule has 0 aromatic heterocycles. The van der Waals surface area contributed by atoms with E-state index in [-0.39, 0.29) is 11.8 Å². The summed E-state index contributed by atoms with van der Waals surface area (Å²) < 4.78 is 5.57. The maximum atomic E-state index is 13.4. The van der Waals surface area contributed by atoms with Gasteiger partial charge in [-0.05, 0) is 46.5 Å². The number of carbonyl (C=O) groups is 2. The van der Waals surface area contributed by atoms with E-state index < -0.39 is 5.54 Å². The van der Waals surface area contributed by atoms with Gasteiger partial charge in [-0.25, -0.2) is 0 Å². The number of hydrogen-bond acceptors (Lipinski definition) is 3. The van der Waals surface area contributed by atoms with Gasteiger partial charge >= 0.3 is 0 Å². The largest absolute Gasteiger partial charge is 0.381 e. The molecule has 0 bridgehead atoms. The van der Waals surface area contributed by atoms with Gasteiger partial charge in [0.2, 0.25) is 0 Å². The Labute approximate surface area is 192 Å². The lowest BCUT2D eigenvalue weighted by Gasteiger charge is -2.38. The first-order chi connectivity index (χ1) is 16.2. The Morgan fingerprint density at radius 1 is 0.697 bits per heavy atom. The van der Waals surface area contributed by atoms with Gasteiger partial charge in [0.15, 0.2) is 0 Å². The molecule has 1 saturated heterocycles. The molecular weight excluding hydrogens is 412 g/mol. The number of nitrogens with one attached hydrogen (secondary N) is 2. The minimum atomic E-state index is -0.563.